The number of halogens is 3. The number of hydrogen-bond donors (Lipinski definition) is 0. The lowest BCUT2D eigenvalue weighted by atomic mass is 10.1. The highest BCUT2D eigenvalue weighted by molar-refractivity contribution is 6.30. The number of likely N-dealkylation sites (N-methyl/N-ethyl adjacent to an activating group) is 1. The summed E-state index contributed by atoms with van der Waals surface area (Å²) in [5.74, 6) is -4.75. The molecule has 0 fully saturated rings. The number of rotatable bonds is 2. The molecule has 0 aliphatic carbocycles. The molecule has 0 saturated carbocycles. The Hall–Kier alpha value is -1.16. The van der Waals surface area contributed by atoms with Crippen molar-refractivity contribution in [1.82, 2.24) is 4.90 Å². The van der Waals surface area contributed by atoms with Crippen molar-refractivity contribution < 1.29 is 13.6 Å². The summed E-state index contributed by atoms with van der Waals surface area (Å²) in [5.41, 5.74) is -0.356. The minimum absolute atomic E-state index is 0.354. The number of carbonyl (C=O) groups excluding carboxylic acids is 1. The Kier molecular flexibility index (Phi) is 3.29. The van der Waals surface area contributed by atoms with E-state index in [-0.39, 0.29) is 5.56 Å². The molecule has 0 atom stereocenters. The second-order valence-corrected chi connectivity index (χ2v) is 3.72. The van der Waals surface area contributed by atoms with Gasteiger partial charge in [-0.3, -0.25) is 4.79 Å². The summed E-state index contributed by atoms with van der Waals surface area (Å²) >= 11 is 5.56. The van der Waals surface area contributed by atoms with Crippen molar-refractivity contribution >= 4 is 17.5 Å². The Morgan fingerprint density at radius 3 is 2.13 bits per heavy atom. The Bertz CT molecular complexity index is 362. The third-order valence-corrected chi connectivity index (χ3v) is 2.13. The lowest BCUT2D eigenvalue weighted by molar-refractivity contribution is -0.156. The van der Waals surface area contributed by atoms with E-state index in [9.17, 15) is 13.6 Å². The average Bonchev–Trinajstić information content (AvgIpc) is 2.17. The summed E-state index contributed by atoms with van der Waals surface area (Å²) in [6.45, 7) is 0. The van der Waals surface area contributed by atoms with Crippen molar-refractivity contribution in [3.63, 3.8) is 0 Å². The van der Waals surface area contributed by atoms with Gasteiger partial charge in [-0.2, -0.15) is 8.78 Å². The van der Waals surface area contributed by atoms with E-state index in [2.05, 4.69) is 0 Å². The van der Waals surface area contributed by atoms with E-state index < -0.39 is 11.8 Å². The lowest BCUT2D eigenvalue weighted by Crippen LogP contribution is -2.37. The van der Waals surface area contributed by atoms with Crippen molar-refractivity contribution in [2.45, 2.75) is 5.92 Å². The fourth-order valence-electron chi connectivity index (χ4n) is 1.06. The zero-order chi connectivity index (χ0) is 11.6. The third-order valence-electron chi connectivity index (χ3n) is 1.88. The van der Waals surface area contributed by atoms with Crippen LogP contribution in [0.25, 0.3) is 0 Å². The molecular formula is C10H10ClF2NO. The van der Waals surface area contributed by atoms with E-state index in [1.54, 1.807) is 0 Å². The second-order valence-electron chi connectivity index (χ2n) is 3.28. The Morgan fingerprint density at radius 1 is 1.27 bits per heavy atom. The number of carbonyl (C=O) groups is 1. The molecule has 1 rings (SSSR count). The quantitative estimate of drug-likeness (QED) is 0.769. The van der Waals surface area contributed by atoms with Crippen molar-refractivity contribution in [2.75, 3.05) is 14.1 Å². The SMILES string of the molecule is CN(C)C(=O)C(F)(F)c1ccc(Cl)cc1. The van der Waals surface area contributed by atoms with Crippen molar-refractivity contribution in [3.05, 3.63) is 34.9 Å². The average molecular weight is 234 g/mol. The van der Waals surface area contributed by atoms with E-state index in [0.717, 1.165) is 17.0 Å². The highest BCUT2D eigenvalue weighted by atomic mass is 35.5. The summed E-state index contributed by atoms with van der Waals surface area (Å²) in [5, 5.41) is 0.354. The summed E-state index contributed by atoms with van der Waals surface area (Å²) in [6.07, 6.45) is 0. The van der Waals surface area contributed by atoms with E-state index in [4.69, 9.17) is 11.6 Å². The molecule has 1 aromatic rings. The van der Waals surface area contributed by atoms with Gasteiger partial charge < -0.3 is 4.90 Å². The van der Waals surface area contributed by atoms with Crippen LogP contribution in [0.15, 0.2) is 24.3 Å². The van der Waals surface area contributed by atoms with E-state index >= 15 is 0 Å². The van der Waals surface area contributed by atoms with Crippen LogP contribution in [0.2, 0.25) is 5.02 Å². The van der Waals surface area contributed by atoms with Gasteiger partial charge in [0, 0.05) is 24.7 Å². The van der Waals surface area contributed by atoms with E-state index in [1.165, 1.54) is 26.2 Å². The zero-order valence-electron chi connectivity index (χ0n) is 8.30. The molecule has 0 aromatic heterocycles. The van der Waals surface area contributed by atoms with Crippen LogP contribution in [0.5, 0.6) is 0 Å². The van der Waals surface area contributed by atoms with Gasteiger partial charge >= 0.3 is 5.92 Å². The molecule has 1 aromatic carbocycles. The summed E-state index contributed by atoms with van der Waals surface area (Å²) in [6, 6.07) is 4.94. The van der Waals surface area contributed by atoms with Crippen LogP contribution in [0.1, 0.15) is 5.56 Å². The molecule has 0 N–H and O–H groups in total. The van der Waals surface area contributed by atoms with Gasteiger partial charge in [-0.15, -0.1) is 0 Å². The van der Waals surface area contributed by atoms with E-state index in [1.807, 2.05) is 0 Å². The minimum atomic E-state index is -3.51. The Balaban J connectivity index is 3.05. The molecule has 0 heterocycles. The van der Waals surface area contributed by atoms with Crippen LogP contribution in [-0.2, 0) is 10.7 Å². The number of benzene rings is 1. The molecule has 2 nitrogen and oxygen atoms in total. The first-order chi connectivity index (χ1) is 6.85. The van der Waals surface area contributed by atoms with Crippen LogP contribution in [0.4, 0.5) is 8.78 Å². The van der Waals surface area contributed by atoms with Crippen LogP contribution in [0, 0.1) is 0 Å². The molecule has 1 amide bonds. The maximum absolute atomic E-state index is 13.5. The molecule has 0 aliphatic rings. The molecule has 5 heteroatoms. The van der Waals surface area contributed by atoms with Gasteiger partial charge in [0.25, 0.3) is 5.91 Å². The highest BCUT2D eigenvalue weighted by Gasteiger charge is 2.41. The van der Waals surface area contributed by atoms with Gasteiger partial charge in [0.1, 0.15) is 0 Å². The second kappa shape index (κ2) is 4.14. The number of hydrogen-bond acceptors (Lipinski definition) is 1. The summed E-state index contributed by atoms with van der Waals surface area (Å²) in [4.78, 5) is 12.0. The van der Waals surface area contributed by atoms with Crippen molar-refractivity contribution in [3.8, 4) is 0 Å². The number of amides is 1. The third kappa shape index (κ3) is 2.45. The highest BCUT2D eigenvalue weighted by Crippen LogP contribution is 2.30. The molecule has 0 radical (unpaired) electrons. The maximum atomic E-state index is 13.5. The maximum Gasteiger partial charge on any atom is 0.349 e. The van der Waals surface area contributed by atoms with Crippen LogP contribution in [0.3, 0.4) is 0 Å². The monoisotopic (exact) mass is 233 g/mol. The predicted octanol–water partition coefficient (Wildman–Crippen LogP) is 2.52. The number of alkyl halides is 2. The molecular weight excluding hydrogens is 224 g/mol. The minimum Gasteiger partial charge on any atom is -0.343 e. The predicted molar refractivity (Wildman–Crippen MR) is 54.0 cm³/mol. The molecule has 0 unspecified atom stereocenters. The molecule has 0 spiro atoms. The lowest BCUT2D eigenvalue weighted by Gasteiger charge is -2.20. The summed E-state index contributed by atoms with van der Waals surface area (Å²) in [7, 11) is 2.57. The first-order valence-electron chi connectivity index (χ1n) is 4.21. The van der Waals surface area contributed by atoms with Crippen LogP contribution >= 0.6 is 11.6 Å². The van der Waals surface area contributed by atoms with Gasteiger partial charge in [-0.1, -0.05) is 23.7 Å². The molecule has 15 heavy (non-hydrogen) atoms. The first kappa shape index (κ1) is 11.9. The largest absolute Gasteiger partial charge is 0.349 e. The normalized spacial score (nSPS) is 11.3. The Labute approximate surface area is 91.4 Å². The van der Waals surface area contributed by atoms with Gasteiger partial charge in [-0.25, -0.2) is 0 Å². The topological polar surface area (TPSA) is 20.3 Å². The molecule has 0 bridgehead atoms. The molecule has 0 saturated heterocycles. The smallest absolute Gasteiger partial charge is 0.343 e. The van der Waals surface area contributed by atoms with Gasteiger partial charge in [0.15, 0.2) is 0 Å². The van der Waals surface area contributed by atoms with Gasteiger partial charge in [0.2, 0.25) is 0 Å². The van der Waals surface area contributed by atoms with Crippen LogP contribution < -0.4 is 0 Å². The van der Waals surface area contributed by atoms with E-state index in [0.29, 0.717) is 5.02 Å². The van der Waals surface area contributed by atoms with Gasteiger partial charge in [0.05, 0.1) is 0 Å². The fraction of sp³-hybridized carbons (Fsp3) is 0.300. The number of nitrogens with zero attached hydrogens (tertiary/aromatic N) is 1. The molecule has 82 valence electrons. The fourth-order valence-corrected chi connectivity index (χ4v) is 1.19. The van der Waals surface area contributed by atoms with Crippen molar-refractivity contribution in [1.29, 1.82) is 0 Å². The van der Waals surface area contributed by atoms with Gasteiger partial charge in [-0.05, 0) is 12.1 Å². The first-order valence-corrected chi connectivity index (χ1v) is 4.59. The molecule has 0 aliphatic heterocycles. The summed E-state index contributed by atoms with van der Waals surface area (Å²) < 4.78 is 27.0. The standard InChI is InChI=1S/C10H10ClF2NO/c1-14(2)9(15)10(12,13)7-3-5-8(11)6-4-7/h3-6H,1-2H3. The van der Waals surface area contributed by atoms with Crippen molar-refractivity contribution in [2.24, 2.45) is 0 Å². The Morgan fingerprint density at radius 2 is 1.73 bits per heavy atom. The zero-order valence-corrected chi connectivity index (χ0v) is 9.05. The van der Waals surface area contributed by atoms with Crippen LogP contribution in [-0.4, -0.2) is 24.9 Å².